The summed E-state index contributed by atoms with van der Waals surface area (Å²) in [6.45, 7) is 4.58. The monoisotopic (exact) mass is 259 g/mol. The predicted molar refractivity (Wildman–Crippen MR) is 79.5 cm³/mol. The van der Waals surface area contributed by atoms with Crippen molar-refractivity contribution in [2.24, 2.45) is 0 Å². The highest BCUT2D eigenvalue weighted by molar-refractivity contribution is 5.22. The van der Waals surface area contributed by atoms with Crippen LogP contribution in [0.4, 0.5) is 0 Å². The molecule has 0 aromatic heterocycles. The molecule has 3 heteroatoms. The van der Waals surface area contributed by atoms with Crippen LogP contribution in [-0.4, -0.2) is 38.3 Å². The molecule has 1 aromatic rings. The molecule has 2 aliphatic rings. The topological polar surface area (TPSA) is 36.1 Å². The Bertz CT molecular complexity index is 373. The summed E-state index contributed by atoms with van der Waals surface area (Å²) in [4.78, 5) is 0. The van der Waals surface area contributed by atoms with E-state index in [2.05, 4.69) is 46.3 Å². The van der Waals surface area contributed by atoms with Gasteiger partial charge in [0, 0.05) is 24.5 Å². The van der Waals surface area contributed by atoms with Crippen molar-refractivity contribution in [3.8, 4) is 0 Å². The zero-order valence-corrected chi connectivity index (χ0v) is 11.6. The molecule has 3 nitrogen and oxygen atoms in total. The third-order valence-corrected chi connectivity index (χ3v) is 4.50. The number of benzene rings is 1. The lowest BCUT2D eigenvalue weighted by Crippen LogP contribution is -2.51. The molecule has 0 saturated carbocycles. The van der Waals surface area contributed by atoms with Gasteiger partial charge in [-0.3, -0.25) is 0 Å². The van der Waals surface area contributed by atoms with Gasteiger partial charge in [-0.2, -0.15) is 0 Å². The SMILES string of the molecule is c1ccc(C2CNCCC2NC2CCNCC2)cc1. The van der Waals surface area contributed by atoms with Crippen LogP contribution in [0.2, 0.25) is 0 Å². The first-order valence-electron chi connectivity index (χ1n) is 7.66. The van der Waals surface area contributed by atoms with Crippen LogP contribution in [0.1, 0.15) is 30.7 Å². The Morgan fingerprint density at radius 1 is 0.895 bits per heavy atom. The highest BCUT2D eigenvalue weighted by Crippen LogP contribution is 2.24. The van der Waals surface area contributed by atoms with Crippen molar-refractivity contribution in [2.45, 2.75) is 37.3 Å². The largest absolute Gasteiger partial charge is 0.317 e. The molecule has 104 valence electrons. The van der Waals surface area contributed by atoms with E-state index in [4.69, 9.17) is 0 Å². The van der Waals surface area contributed by atoms with Gasteiger partial charge < -0.3 is 16.0 Å². The van der Waals surface area contributed by atoms with Crippen LogP contribution in [-0.2, 0) is 0 Å². The third-order valence-electron chi connectivity index (χ3n) is 4.50. The molecule has 2 saturated heterocycles. The van der Waals surface area contributed by atoms with Gasteiger partial charge in [0.25, 0.3) is 0 Å². The normalized spacial score (nSPS) is 29.3. The first-order chi connectivity index (χ1) is 9.43. The first-order valence-corrected chi connectivity index (χ1v) is 7.66. The summed E-state index contributed by atoms with van der Waals surface area (Å²) >= 11 is 0. The fourth-order valence-corrected chi connectivity index (χ4v) is 3.40. The molecule has 3 rings (SSSR count). The standard InChI is InChI=1S/C16H25N3/c1-2-4-13(5-3-1)15-12-18-11-8-16(15)19-14-6-9-17-10-7-14/h1-5,14-19H,6-12H2. The van der Waals surface area contributed by atoms with E-state index >= 15 is 0 Å². The summed E-state index contributed by atoms with van der Waals surface area (Å²) in [5.41, 5.74) is 1.47. The minimum atomic E-state index is 0.616. The van der Waals surface area contributed by atoms with Crippen LogP contribution in [0.15, 0.2) is 30.3 Å². The maximum absolute atomic E-state index is 3.93. The average Bonchev–Trinajstić information content (AvgIpc) is 2.50. The highest BCUT2D eigenvalue weighted by atomic mass is 15.0. The summed E-state index contributed by atoms with van der Waals surface area (Å²) in [5, 5.41) is 10.9. The maximum atomic E-state index is 3.93. The Morgan fingerprint density at radius 2 is 1.63 bits per heavy atom. The van der Waals surface area contributed by atoms with Gasteiger partial charge in [0.05, 0.1) is 0 Å². The quantitative estimate of drug-likeness (QED) is 0.769. The van der Waals surface area contributed by atoms with Gasteiger partial charge in [0.15, 0.2) is 0 Å². The van der Waals surface area contributed by atoms with Crippen LogP contribution in [0.5, 0.6) is 0 Å². The van der Waals surface area contributed by atoms with Crippen LogP contribution in [0.3, 0.4) is 0 Å². The Labute approximate surface area is 116 Å². The van der Waals surface area contributed by atoms with Crippen molar-refractivity contribution in [3.63, 3.8) is 0 Å². The van der Waals surface area contributed by atoms with Crippen LogP contribution < -0.4 is 16.0 Å². The summed E-state index contributed by atoms with van der Waals surface area (Å²) in [6.07, 6.45) is 3.78. The van der Waals surface area contributed by atoms with Crippen LogP contribution in [0, 0.1) is 0 Å². The molecular formula is C16H25N3. The second-order valence-electron chi connectivity index (χ2n) is 5.81. The zero-order valence-electron chi connectivity index (χ0n) is 11.6. The van der Waals surface area contributed by atoms with Gasteiger partial charge in [-0.1, -0.05) is 30.3 Å². The van der Waals surface area contributed by atoms with E-state index in [1.807, 2.05) is 0 Å². The molecule has 0 bridgehead atoms. The average molecular weight is 259 g/mol. The number of hydrogen-bond acceptors (Lipinski definition) is 3. The Balaban J connectivity index is 1.66. The van der Waals surface area contributed by atoms with Crippen molar-refractivity contribution < 1.29 is 0 Å². The van der Waals surface area contributed by atoms with Gasteiger partial charge in [-0.05, 0) is 44.5 Å². The van der Waals surface area contributed by atoms with Crippen molar-refractivity contribution in [1.82, 2.24) is 16.0 Å². The number of rotatable bonds is 3. The Kier molecular flexibility index (Phi) is 4.49. The molecule has 2 unspecified atom stereocenters. The summed E-state index contributed by atoms with van der Waals surface area (Å²) in [7, 11) is 0. The smallest absolute Gasteiger partial charge is 0.0163 e. The third kappa shape index (κ3) is 3.35. The summed E-state index contributed by atoms with van der Waals surface area (Å²) in [5.74, 6) is 0.616. The summed E-state index contributed by atoms with van der Waals surface area (Å²) < 4.78 is 0. The van der Waals surface area contributed by atoms with E-state index in [-0.39, 0.29) is 0 Å². The first kappa shape index (κ1) is 13.1. The minimum Gasteiger partial charge on any atom is -0.317 e. The molecule has 2 fully saturated rings. The molecule has 3 N–H and O–H groups in total. The van der Waals surface area contributed by atoms with Crippen LogP contribution in [0.25, 0.3) is 0 Å². The van der Waals surface area contributed by atoms with Crippen molar-refractivity contribution in [1.29, 1.82) is 0 Å². The molecule has 0 amide bonds. The van der Waals surface area contributed by atoms with Crippen molar-refractivity contribution in [2.75, 3.05) is 26.2 Å². The molecule has 2 atom stereocenters. The molecule has 1 aromatic carbocycles. The van der Waals surface area contributed by atoms with Gasteiger partial charge in [-0.25, -0.2) is 0 Å². The Hall–Kier alpha value is -0.900. The second kappa shape index (κ2) is 6.51. The number of nitrogens with one attached hydrogen (secondary N) is 3. The Morgan fingerprint density at radius 3 is 2.42 bits per heavy atom. The van der Waals surface area contributed by atoms with Crippen LogP contribution >= 0.6 is 0 Å². The molecular weight excluding hydrogens is 234 g/mol. The van der Waals surface area contributed by atoms with Gasteiger partial charge in [-0.15, -0.1) is 0 Å². The van der Waals surface area contributed by atoms with E-state index in [9.17, 15) is 0 Å². The van der Waals surface area contributed by atoms with Crippen molar-refractivity contribution >= 4 is 0 Å². The minimum absolute atomic E-state index is 0.616. The molecule has 19 heavy (non-hydrogen) atoms. The molecule has 0 aliphatic carbocycles. The lowest BCUT2D eigenvalue weighted by atomic mass is 9.86. The molecule has 2 heterocycles. The van der Waals surface area contributed by atoms with E-state index in [0.29, 0.717) is 18.0 Å². The molecule has 2 aliphatic heterocycles. The molecule has 0 spiro atoms. The lowest BCUT2D eigenvalue weighted by molar-refractivity contribution is 0.280. The van der Waals surface area contributed by atoms with E-state index in [1.165, 1.54) is 37.9 Å². The van der Waals surface area contributed by atoms with Gasteiger partial charge in [0.1, 0.15) is 0 Å². The van der Waals surface area contributed by atoms with E-state index < -0.39 is 0 Å². The van der Waals surface area contributed by atoms with Gasteiger partial charge in [0.2, 0.25) is 0 Å². The van der Waals surface area contributed by atoms with Gasteiger partial charge >= 0.3 is 0 Å². The fourth-order valence-electron chi connectivity index (χ4n) is 3.40. The number of piperidine rings is 2. The summed E-state index contributed by atoms with van der Waals surface area (Å²) in [6, 6.07) is 12.3. The zero-order chi connectivity index (χ0) is 12.9. The lowest BCUT2D eigenvalue weighted by Gasteiger charge is -2.37. The van der Waals surface area contributed by atoms with Crippen molar-refractivity contribution in [3.05, 3.63) is 35.9 Å². The second-order valence-corrected chi connectivity index (χ2v) is 5.81. The molecule has 0 radical (unpaired) electrons. The van der Waals surface area contributed by atoms with E-state index in [1.54, 1.807) is 0 Å². The predicted octanol–water partition coefficient (Wildman–Crippen LogP) is 1.47. The fraction of sp³-hybridized carbons (Fsp3) is 0.625. The number of hydrogen-bond donors (Lipinski definition) is 3. The highest BCUT2D eigenvalue weighted by Gasteiger charge is 2.28. The maximum Gasteiger partial charge on any atom is 0.0163 e. The van der Waals surface area contributed by atoms with E-state index in [0.717, 1.165) is 13.1 Å².